The molecule has 0 unspecified atom stereocenters. The maximum absolute atomic E-state index is 12.1. The Hall–Kier alpha value is -0.850. The molecule has 0 aliphatic carbocycles. The number of unbranched alkanes of at least 4 members (excludes halogenated alkanes) is 3. The molecule has 1 rings (SSSR count). The lowest BCUT2D eigenvalue weighted by atomic mass is 10.2. The van der Waals surface area contributed by atoms with Gasteiger partial charge in [-0.1, -0.05) is 26.2 Å². The molecule has 0 aliphatic heterocycles. The van der Waals surface area contributed by atoms with Crippen molar-refractivity contribution in [2.45, 2.75) is 44.0 Å². The highest BCUT2D eigenvalue weighted by molar-refractivity contribution is 7.89. The molecule has 0 bridgehead atoms. The predicted octanol–water partition coefficient (Wildman–Crippen LogP) is 1.60. The van der Waals surface area contributed by atoms with E-state index in [0.29, 0.717) is 18.0 Å². The van der Waals surface area contributed by atoms with E-state index in [4.69, 9.17) is 0 Å². The van der Waals surface area contributed by atoms with Gasteiger partial charge in [0.1, 0.15) is 0 Å². The van der Waals surface area contributed by atoms with Gasteiger partial charge < -0.3 is 9.88 Å². The minimum atomic E-state index is -3.37. The fraction of sp³-hybridized carbons (Fsp3) is 0.692. The summed E-state index contributed by atoms with van der Waals surface area (Å²) >= 11 is 0. The van der Waals surface area contributed by atoms with Crippen molar-refractivity contribution in [3.05, 3.63) is 18.0 Å². The Morgan fingerprint density at radius 3 is 2.63 bits per heavy atom. The first kappa shape index (κ1) is 16.2. The zero-order chi connectivity index (χ0) is 14.3. The second-order valence-electron chi connectivity index (χ2n) is 4.77. The van der Waals surface area contributed by atoms with Crippen LogP contribution in [0.3, 0.4) is 0 Å². The van der Waals surface area contributed by atoms with Crippen molar-refractivity contribution in [1.82, 2.24) is 14.6 Å². The normalized spacial score (nSPS) is 11.9. The molecular formula is C13H25N3O2S. The second-order valence-corrected chi connectivity index (χ2v) is 6.53. The minimum absolute atomic E-state index is 0.343. The fourth-order valence-corrected chi connectivity index (χ4v) is 3.09. The van der Waals surface area contributed by atoms with Gasteiger partial charge in [-0.2, -0.15) is 0 Å². The SMILES string of the molecule is CCCCCCNS(=O)(=O)c1cc(CNC)n(C)c1. The number of hydrogen-bond donors (Lipinski definition) is 2. The summed E-state index contributed by atoms with van der Waals surface area (Å²) in [7, 11) is 0.328. The van der Waals surface area contributed by atoms with Gasteiger partial charge in [0, 0.05) is 32.0 Å². The Kier molecular flexibility index (Phi) is 6.54. The number of hydrogen-bond acceptors (Lipinski definition) is 3. The van der Waals surface area contributed by atoms with Crippen molar-refractivity contribution in [3.8, 4) is 0 Å². The van der Waals surface area contributed by atoms with E-state index in [1.807, 2.05) is 18.7 Å². The van der Waals surface area contributed by atoms with Gasteiger partial charge in [0.05, 0.1) is 4.90 Å². The molecule has 0 aromatic carbocycles. The standard InChI is InChI=1S/C13H25N3O2S/c1-4-5-6-7-8-15-19(17,18)13-9-12(10-14-2)16(3)11-13/h9,11,14-15H,4-8,10H2,1-3H3. The van der Waals surface area contributed by atoms with Crippen molar-refractivity contribution >= 4 is 10.0 Å². The van der Waals surface area contributed by atoms with E-state index < -0.39 is 10.0 Å². The summed E-state index contributed by atoms with van der Waals surface area (Å²) in [4.78, 5) is 0.343. The van der Waals surface area contributed by atoms with Gasteiger partial charge in [-0.05, 0) is 19.5 Å². The van der Waals surface area contributed by atoms with Gasteiger partial charge in [0.25, 0.3) is 0 Å². The summed E-state index contributed by atoms with van der Waals surface area (Å²) in [6.45, 7) is 3.30. The average Bonchev–Trinajstić information content (AvgIpc) is 2.72. The zero-order valence-electron chi connectivity index (χ0n) is 12.1. The molecule has 5 nitrogen and oxygen atoms in total. The van der Waals surface area contributed by atoms with Crippen molar-refractivity contribution in [2.75, 3.05) is 13.6 Å². The molecule has 0 spiro atoms. The molecule has 19 heavy (non-hydrogen) atoms. The first-order valence-corrected chi connectivity index (χ1v) is 8.29. The highest BCUT2D eigenvalue weighted by Gasteiger charge is 2.16. The van der Waals surface area contributed by atoms with E-state index in [1.165, 1.54) is 0 Å². The molecule has 2 N–H and O–H groups in total. The molecule has 0 radical (unpaired) electrons. The van der Waals surface area contributed by atoms with Crippen LogP contribution in [0.15, 0.2) is 17.2 Å². The quantitative estimate of drug-likeness (QED) is 0.678. The molecule has 6 heteroatoms. The predicted molar refractivity (Wildman–Crippen MR) is 77.5 cm³/mol. The van der Waals surface area contributed by atoms with E-state index >= 15 is 0 Å². The molecule has 1 aromatic rings. The average molecular weight is 287 g/mol. The molecule has 0 atom stereocenters. The highest BCUT2D eigenvalue weighted by Crippen LogP contribution is 2.13. The van der Waals surface area contributed by atoms with Gasteiger partial charge >= 0.3 is 0 Å². The van der Waals surface area contributed by atoms with Gasteiger partial charge in [0.2, 0.25) is 10.0 Å². The van der Waals surface area contributed by atoms with Crippen LogP contribution in [0.1, 0.15) is 38.3 Å². The van der Waals surface area contributed by atoms with Gasteiger partial charge in [-0.15, -0.1) is 0 Å². The Labute approximate surface area is 116 Å². The summed E-state index contributed by atoms with van der Waals surface area (Å²) in [5.74, 6) is 0. The summed E-state index contributed by atoms with van der Waals surface area (Å²) in [6.07, 6.45) is 5.92. The van der Waals surface area contributed by atoms with Crippen LogP contribution in [0.25, 0.3) is 0 Å². The first-order valence-electron chi connectivity index (χ1n) is 6.80. The smallest absolute Gasteiger partial charge is 0.242 e. The molecule has 0 fully saturated rings. The van der Waals surface area contributed by atoms with Crippen LogP contribution < -0.4 is 10.0 Å². The monoisotopic (exact) mass is 287 g/mol. The maximum Gasteiger partial charge on any atom is 0.242 e. The summed E-state index contributed by atoms with van der Waals surface area (Å²) in [6, 6.07) is 1.71. The van der Waals surface area contributed by atoms with Crippen LogP contribution in [0, 0.1) is 0 Å². The third-order valence-corrected chi connectivity index (χ3v) is 4.50. The van der Waals surface area contributed by atoms with Crippen molar-refractivity contribution in [1.29, 1.82) is 0 Å². The minimum Gasteiger partial charge on any atom is -0.352 e. The lowest BCUT2D eigenvalue weighted by Crippen LogP contribution is -2.24. The molecule has 1 heterocycles. The van der Waals surface area contributed by atoms with Crippen LogP contribution in [0.4, 0.5) is 0 Å². The van der Waals surface area contributed by atoms with Crippen LogP contribution >= 0.6 is 0 Å². The summed E-state index contributed by atoms with van der Waals surface area (Å²) in [5, 5.41) is 3.02. The number of nitrogens with zero attached hydrogens (tertiary/aromatic N) is 1. The lowest BCUT2D eigenvalue weighted by Gasteiger charge is -2.04. The lowest BCUT2D eigenvalue weighted by molar-refractivity contribution is 0.573. The number of aryl methyl sites for hydroxylation is 1. The molecule has 1 aromatic heterocycles. The van der Waals surface area contributed by atoms with Gasteiger partial charge in [-0.3, -0.25) is 0 Å². The second kappa shape index (κ2) is 7.67. The number of sulfonamides is 1. The van der Waals surface area contributed by atoms with Gasteiger partial charge in [0.15, 0.2) is 0 Å². The molecule has 110 valence electrons. The third kappa shape index (κ3) is 4.97. The summed E-state index contributed by atoms with van der Waals surface area (Å²) in [5.41, 5.74) is 0.953. The topological polar surface area (TPSA) is 63.1 Å². The van der Waals surface area contributed by atoms with E-state index in [9.17, 15) is 8.42 Å². The molecule has 0 amide bonds. The van der Waals surface area contributed by atoms with Crippen LogP contribution in [-0.4, -0.2) is 26.6 Å². The molecule has 0 saturated carbocycles. The van der Waals surface area contributed by atoms with Crippen LogP contribution in [-0.2, 0) is 23.6 Å². The highest BCUT2D eigenvalue weighted by atomic mass is 32.2. The van der Waals surface area contributed by atoms with E-state index in [0.717, 1.165) is 31.4 Å². The molecule has 0 aliphatic rings. The third-order valence-electron chi connectivity index (χ3n) is 3.07. The number of nitrogens with one attached hydrogen (secondary N) is 2. The Morgan fingerprint density at radius 1 is 1.26 bits per heavy atom. The number of rotatable bonds is 9. The van der Waals surface area contributed by atoms with E-state index in [1.54, 1.807) is 12.3 Å². The number of aromatic nitrogens is 1. The first-order chi connectivity index (χ1) is 9.01. The van der Waals surface area contributed by atoms with Crippen LogP contribution in [0.5, 0.6) is 0 Å². The van der Waals surface area contributed by atoms with Gasteiger partial charge in [-0.25, -0.2) is 13.1 Å². The Morgan fingerprint density at radius 2 is 2.00 bits per heavy atom. The van der Waals surface area contributed by atoms with E-state index in [-0.39, 0.29) is 0 Å². The Bertz CT molecular complexity index is 480. The van der Waals surface area contributed by atoms with Crippen molar-refractivity contribution in [3.63, 3.8) is 0 Å². The zero-order valence-corrected chi connectivity index (χ0v) is 12.9. The molecular weight excluding hydrogens is 262 g/mol. The largest absolute Gasteiger partial charge is 0.352 e. The Balaban J connectivity index is 2.59. The fourth-order valence-electron chi connectivity index (χ4n) is 1.92. The van der Waals surface area contributed by atoms with E-state index in [2.05, 4.69) is 17.0 Å². The summed E-state index contributed by atoms with van der Waals surface area (Å²) < 4.78 is 28.7. The van der Waals surface area contributed by atoms with Crippen molar-refractivity contribution in [2.24, 2.45) is 7.05 Å². The van der Waals surface area contributed by atoms with Crippen molar-refractivity contribution < 1.29 is 8.42 Å². The molecule has 0 saturated heterocycles. The van der Waals surface area contributed by atoms with Crippen LogP contribution in [0.2, 0.25) is 0 Å². The maximum atomic E-state index is 12.1.